The number of nitrogens with zero attached hydrogens (tertiary/aromatic N) is 2. The monoisotopic (exact) mass is 503 g/mol. The van der Waals surface area contributed by atoms with Gasteiger partial charge in [-0.05, 0) is 61.5 Å². The fraction of sp³-hybridized carbons (Fsp3) is 0.0909. The highest BCUT2D eigenvalue weighted by Gasteiger charge is 2.22. The molecule has 0 bridgehead atoms. The molecule has 4 aromatic rings. The minimum absolute atomic E-state index is 0.0788. The van der Waals surface area contributed by atoms with E-state index in [2.05, 4.69) is 9.82 Å². The number of nitrogens with one attached hydrogen (secondary N) is 1. The number of rotatable bonds is 7. The minimum atomic E-state index is -3.97. The van der Waals surface area contributed by atoms with Crippen LogP contribution in [0.25, 0.3) is 5.69 Å². The molecule has 0 saturated carbocycles. The van der Waals surface area contributed by atoms with Gasteiger partial charge < -0.3 is 0 Å². The summed E-state index contributed by atoms with van der Waals surface area (Å²) in [6.07, 6.45) is -0.118. The van der Waals surface area contributed by atoms with Crippen molar-refractivity contribution in [1.82, 2.24) is 14.5 Å². The molecule has 0 saturated heterocycles. The lowest BCUT2D eigenvalue weighted by atomic mass is 10.2. The van der Waals surface area contributed by atoms with Crippen molar-refractivity contribution in [3.63, 3.8) is 0 Å². The molecule has 10 heteroatoms. The summed E-state index contributed by atoms with van der Waals surface area (Å²) in [6.45, 7) is 1.82. The Labute approximate surface area is 199 Å². The normalized spacial score (nSPS) is 11.4. The number of amides is 1. The zero-order valence-electron chi connectivity index (χ0n) is 16.9. The first-order valence-electron chi connectivity index (χ1n) is 9.50. The molecule has 0 unspecified atom stereocenters. The molecule has 0 spiro atoms. The Bertz CT molecular complexity index is 1350. The van der Waals surface area contributed by atoms with E-state index >= 15 is 0 Å². The van der Waals surface area contributed by atoms with E-state index < -0.39 is 15.9 Å². The van der Waals surface area contributed by atoms with Crippen LogP contribution in [0, 0.1) is 6.92 Å². The van der Waals surface area contributed by atoms with Crippen LogP contribution in [0.3, 0.4) is 0 Å². The number of aryl methyl sites for hydroxylation is 1. The molecule has 6 nitrogen and oxygen atoms in total. The molecule has 1 N–H and O–H groups in total. The zero-order valence-corrected chi connectivity index (χ0v) is 20.1. The third-order valence-corrected chi connectivity index (χ3v) is 8.69. The quantitative estimate of drug-likeness (QED) is 0.379. The Morgan fingerprint density at radius 1 is 1.09 bits per heavy atom. The summed E-state index contributed by atoms with van der Waals surface area (Å²) in [5, 5.41) is 5.05. The smallest absolute Gasteiger partial charge is 0.273 e. The fourth-order valence-electron chi connectivity index (χ4n) is 2.99. The molecule has 164 valence electrons. The Kier molecular flexibility index (Phi) is 6.71. The molecule has 0 atom stereocenters. The van der Waals surface area contributed by atoms with Gasteiger partial charge in [0.1, 0.15) is 4.21 Å². The first-order valence-corrected chi connectivity index (χ1v) is 13.0. The second kappa shape index (κ2) is 9.50. The fourth-order valence-corrected chi connectivity index (χ4v) is 6.67. The van der Waals surface area contributed by atoms with Crippen molar-refractivity contribution in [1.29, 1.82) is 0 Å². The highest BCUT2D eigenvalue weighted by atomic mass is 35.5. The second-order valence-corrected chi connectivity index (χ2v) is 11.7. The molecule has 0 aliphatic carbocycles. The van der Waals surface area contributed by atoms with E-state index in [1.54, 1.807) is 28.9 Å². The largest absolute Gasteiger partial charge is 0.274 e. The van der Waals surface area contributed by atoms with Crippen LogP contribution in [0.2, 0.25) is 5.02 Å². The van der Waals surface area contributed by atoms with E-state index in [1.165, 1.54) is 17.8 Å². The third kappa shape index (κ3) is 5.42. The maximum absolute atomic E-state index is 12.7. The van der Waals surface area contributed by atoms with Gasteiger partial charge in [-0.1, -0.05) is 41.6 Å². The minimum Gasteiger partial charge on any atom is -0.274 e. The second-order valence-electron chi connectivity index (χ2n) is 6.86. The van der Waals surface area contributed by atoms with Crippen LogP contribution < -0.4 is 4.72 Å². The number of aromatic nitrogens is 2. The molecule has 0 aliphatic heterocycles. The van der Waals surface area contributed by atoms with Crippen molar-refractivity contribution in [2.24, 2.45) is 0 Å². The van der Waals surface area contributed by atoms with Crippen molar-refractivity contribution in [2.45, 2.75) is 26.7 Å². The van der Waals surface area contributed by atoms with Gasteiger partial charge in [-0.15, -0.1) is 11.3 Å². The van der Waals surface area contributed by atoms with Gasteiger partial charge in [0.05, 0.1) is 27.7 Å². The predicted molar refractivity (Wildman–Crippen MR) is 127 cm³/mol. The summed E-state index contributed by atoms with van der Waals surface area (Å²) in [4.78, 5) is 13.5. The Balaban J connectivity index is 1.46. The standard InChI is InChI=1S/C22H18ClN3O3S3/c1-15-13-18(26(24-15)17-5-3-2-4-6-17)14-20(27)25-32(28,29)22-12-11-21(31-22)30-19-9-7-16(23)8-10-19/h2-13H,14H2,1H3,(H,25,27). The average molecular weight is 504 g/mol. The topological polar surface area (TPSA) is 81.1 Å². The molecule has 2 heterocycles. The average Bonchev–Trinajstić information content (AvgIpc) is 3.37. The molecule has 2 aromatic carbocycles. The number of hydrogen-bond donors (Lipinski definition) is 1. The van der Waals surface area contributed by atoms with E-state index in [0.717, 1.165) is 31.8 Å². The van der Waals surface area contributed by atoms with Crippen LogP contribution in [-0.2, 0) is 21.2 Å². The van der Waals surface area contributed by atoms with E-state index in [1.807, 2.05) is 49.4 Å². The molecule has 1 amide bonds. The van der Waals surface area contributed by atoms with Crippen molar-refractivity contribution in [3.05, 3.63) is 89.2 Å². The summed E-state index contributed by atoms with van der Waals surface area (Å²) >= 11 is 8.43. The lowest BCUT2D eigenvalue weighted by molar-refractivity contribution is -0.118. The first kappa shape index (κ1) is 22.6. The van der Waals surface area contributed by atoms with Crippen molar-refractivity contribution in [2.75, 3.05) is 0 Å². The maximum atomic E-state index is 12.7. The Morgan fingerprint density at radius 3 is 2.53 bits per heavy atom. The molecule has 32 heavy (non-hydrogen) atoms. The van der Waals surface area contributed by atoms with Gasteiger partial charge >= 0.3 is 0 Å². The van der Waals surface area contributed by atoms with Gasteiger partial charge in [0.2, 0.25) is 5.91 Å². The highest BCUT2D eigenvalue weighted by molar-refractivity contribution is 8.01. The summed E-state index contributed by atoms with van der Waals surface area (Å²) in [6, 6.07) is 21.6. The number of benzene rings is 2. The molecule has 0 fully saturated rings. The number of hydrogen-bond acceptors (Lipinski definition) is 6. The number of thiophene rings is 1. The molecule has 0 radical (unpaired) electrons. The number of carbonyl (C=O) groups excluding carboxylic acids is 1. The number of sulfonamides is 1. The van der Waals surface area contributed by atoms with Crippen LogP contribution in [0.4, 0.5) is 0 Å². The number of carbonyl (C=O) groups is 1. The van der Waals surface area contributed by atoms with Gasteiger partial charge in [0, 0.05) is 9.92 Å². The molecule has 0 aliphatic rings. The van der Waals surface area contributed by atoms with Gasteiger partial charge in [-0.2, -0.15) is 5.10 Å². The van der Waals surface area contributed by atoms with E-state index in [-0.39, 0.29) is 10.6 Å². The van der Waals surface area contributed by atoms with E-state index in [9.17, 15) is 13.2 Å². The van der Waals surface area contributed by atoms with Crippen molar-refractivity contribution in [3.8, 4) is 5.69 Å². The predicted octanol–water partition coefficient (Wildman–Crippen LogP) is 5.09. The van der Waals surface area contributed by atoms with Crippen LogP contribution in [0.1, 0.15) is 11.4 Å². The summed E-state index contributed by atoms with van der Waals surface area (Å²) in [7, 11) is -3.97. The summed E-state index contributed by atoms with van der Waals surface area (Å²) in [5.74, 6) is -0.623. The third-order valence-electron chi connectivity index (χ3n) is 4.35. The van der Waals surface area contributed by atoms with Crippen LogP contribution in [0.15, 0.2) is 86.1 Å². The SMILES string of the molecule is Cc1cc(CC(=O)NS(=O)(=O)c2ccc(Sc3ccc(Cl)cc3)s2)n(-c2ccccc2)n1. The van der Waals surface area contributed by atoms with Gasteiger partial charge in [0.15, 0.2) is 0 Å². The van der Waals surface area contributed by atoms with Gasteiger partial charge in [-0.3, -0.25) is 4.79 Å². The van der Waals surface area contributed by atoms with E-state index in [0.29, 0.717) is 10.7 Å². The summed E-state index contributed by atoms with van der Waals surface area (Å²) in [5.41, 5.74) is 2.14. The zero-order chi connectivity index (χ0) is 22.7. The first-order chi connectivity index (χ1) is 15.3. The molecular formula is C22H18ClN3O3S3. The number of para-hydroxylation sites is 1. The van der Waals surface area contributed by atoms with Gasteiger partial charge in [-0.25, -0.2) is 17.8 Å². The maximum Gasteiger partial charge on any atom is 0.273 e. The molecule has 2 aromatic heterocycles. The lowest BCUT2D eigenvalue weighted by Gasteiger charge is -2.08. The number of halogens is 1. The van der Waals surface area contributed by atoms with Crippen molar-refractivity contribution < 1.29 is 13.2 Å². The van der Waals surface area contributed by atoms with Crippen LogP contribution in [-0.4, -0.2) is 24.1 Å². The van der Waals surface area contributed by atoms with Crippen LogP contribution >= 0.6 is 34.7 Å². The summed E-state index contributed by atoms with van der Waals surface area (Å²) < 4.78 is 30.1. The Hall–Kier alpha value is -2.59. The highest BCUT2D eigenvalue weighted by Crippen LogP contribution is 2.35. The van der Waals surface area contributed by atoms with E-state index in [4.69, 9.17) is 11.6 Å². The Morgan fingerprint density at radius 2 is 1.81 bits per heavy atom. The lowest BCUT2D eigenvalue weighted by Crippen LogP contribution is -2.31. The van der Waals surface area contributed by atoms with Crippen LogP contribution in [0.5, 0.6) is 0 Å². The molecular weight excluding hydrogens is 486 g/mol. The van der Waals surface area contributed by atoms with Gasteiger partial charge in [0.25, 0.3) is 10.0 Å². The molecule has 4 rings (SSSR count). The van der Waals surface area contributed by atoms with Crippen molar-refractivity contribution >= 4 is 50.6 Å².